The van der Waals surface area contributed by atoms with Crippen molar-refractivity contribution in [1.29, 1.82) is 0 Å². The number of hydrogen-bond donors (Lipinski definition) is 1. The van der Waals surface area contributed by atoms with Crippen LogP contribution in [0.4, 0.5) is 5.82 Å². The Kier molecular flexibility index (Phi) is 1.94. The molecule has 2 nitrogen and oxygen atoms in total. The second-order valence-corrected chi connectivity index (χ2v) is 2.70. The molecule has 0 amide bonds. The van der Waals surface area contributed by atoms with Gasteiger partial charge in [0.15, 0.2) is 0 Å². The molecule has 0 saturated heterocycles. The van der Waals surface area contributed by atoms with Crippen molar-refractivity contribution >= 4 is 11.4 Å². The van der Waals surface area contributed by atoms with Gasteiger partial charge in [0, 0.05) is 6.20 Å². The monoisotopic (exact) mass is 148 g/mol. The summed E-state index contributed by atoms with van der Waals surface area (Å²) >= 11 is 0. The molecule has 1 aromatic rings. The predicted molar refractivity (Wildman–Crippen MR) is 48.1 cm³/mol. The number of hydrogen-bond acceptors (Lipinski definition) is 2. The Hall–Kier alpha value is -1.31. The van der Waals surface area contributed by atoms with Gasteiger partial charge in [-0.05, 0) is 36.6 Å². The summed E-state index contributed by atoms with van der Waals surface area (Å²) in [5.74, 6) is 0.563. The standard InChI is InChI=1S/C9H12N2/c1-6(2)8-5-11-9(10)4-7(8)3/h4-5H,1H2,2-3H3,(H2,10,11). The maximum absolute atomic E-state index is 5.49. The second-order valence-electron chi connectivity index (χ2n) is 2.70. The molecule has 0 spiro atoms. The normalized spacial score (nSPS) is 9.64. The zero-order chi connectivity index (χ0) is 8.43. The van der Waals surface area contributed by atoms with Gasteiger partial charge >= 0.3 is 0 Å². The van der Waals surface area contributed by atoms with Gasteiger partial charge in [-0.1, -0.05) is 6.58 Å². The number of allylic oxidation sites excluding steroid dienone is 1. The molecule has 0 aliphatic rings. The third-order valence-corrected chi connectivity index (χ3v) is 1.59. The molecule has 0 atom stereocenters. The number of pyridine rings is 1. The molecule has 0 bridgehead atoms. The minimum atomic E-state index is 0.563. The fourth-order valence-electron chi connectivity index (χ4n) is 1.02. The molecule has 0 radical (unpaired) electrons. The summed E-state index contributed by atoms with van der Waals surface area (Å²) < 4.78 is 0. The average Bonchev–Trinajstić information content (AvgIpc) is 1.85. The molecule has 0 aliphatic carbocycles. The molecule has 0 aromatic carbocycles. The molecule has 0 aliphatic heterocycles. The number of nitrogens with zero attached hydrogens (tertiary/aromatic N) is 1. The lowest BCUT2D eigenvalue weighted by Crippen LogP contribution is -1.93. The lowest BCUT2D eigenvalue weighted by Gasteiger charge is -2.03. The van der Waals surface area contributed by atoms with Crippen molar-refractivity contribution in [3.63, 3.8) is 0 Å². The average molecular weight is 148 g/mol. The summed E-state index contributed by atoms with van der Waals surface area (Å²) in [4.78, 5) is 3.98. The number of aromatic nitrogens is 1. The van der Waals surface area contributed by atoms with Crippen LogP contribution in [0.3, 0.4) is 0 Å². The van der Waals surface area contributed by atoms with Crippen LogP contribution < -0.4 is 5.73 Å². The van der Waals surface area contributed by atoms with Crippen LogP contribution in [0.2, 0.25) is 0 Å². The molecule has 1 heterocycles. The molecule has 0 fully saturated rings. The fraction of sp³-hybridized carbons (Fsp3) is 0.222. The van der Waals surface area contributed by atoms with Crippen molar-refractivity contribution in [3.8, 4) is 0 Å². The summed E-state index contributed by atoms with van der Waals surface area (Å²) in [5, 5.41) is 0. The summed E-state index contributed by atoms with van der Waals surface area (Å²) in [6.07, 6.45) is 1.76. The van der Waals surface area contributed by atoms with Gasteiger partial charge in [0.2, 0.25) is 0 Å². The number of rotatable bonds is 1. The number of nitrogen functional groups attached to an aromatic ring is 1. The highest BCUT2D eigenvalue weighted by atomic mass is 14.8. The zero-order valence-electron chi connectivity index (χ0n) is 6.89. The highest BCUT2D eigenvalue weighted by Crippen LogP contribution is 2.16. The van der Waals surface area contributed by atoms with Gasteiger partial charge in [0.25, 0.3) is 0 Å². The van der Waals surface area contributed by atoms with Crippen LogP contribution in [-0.4, -0.2) is 4.98 Å². The van der Waals surface area contributed by atoms with Crippen molar-refractivity contribution in [2.75, 3.05) is 5.73 Å². The van der Waals surface area contributed by atoms with Gasteiger partial charge in [0.05, 0.1) is 0 Å². The van der Waals surface area contributed by atoms with Gasteiger partial charge in [-0.2, -0.15) is 0 Å². The van der Waals surface area contributed by atoms with Crippen LogP contribution in [0.5, 0.6) is 0 Å². The molecule has 2 N–H and O–H groups in total. The molecular weight excluding hydrogens is 136 g/mol. The van der Waals surface area contributed by atoms with E-state index in [-0.39, 0.29) is 0 Å². The third kappa shape index (κ3) is 1.58. The molecule has 0 unspecified atom stereocenters. The third-order valence-electron chi connectivity index (χ3n) is 1.59. The lowest BCUT2D eigenvalue weighted by molar-refractivity contribution is 1.27. The largest absolute Gasteiger partial charge is 0.384 e. The van der Waals surface area contributed by atoms with Crippen molar-refractivity contribution < 1.29 is 0 Å². The van der Waals surface area contributed by atoms with E-state index < -0.39 is 0 Å². The van der Waals surface area contributed by atoms with E-state index in [9.17, 15) is 0 Å². The first kappa shape index (κ1) is 7.79. The van der Waals surface area contributed by atoms with E-state index in [4.69, 9.17) is 5.73 Å². The highest BCUT2D eigenvalue weighted by Gasteiger charge is 1.98. The molecule has 1 aromatic heterocycles. The quantitative estimate of drug-likeness (QED) is 0.661. The van der Waals surface area contributed by atoms with Gasteiger partial charge in [0.1, 0.15) is 5.82 Å². The van der Waals surface area contributed by atoms with Crippen LogP contribution in [0.25, 0.3) is 5.57 Å². The van der Waals surface area contributed by atoms with Crippen molar-refractivity contribution in [2.45, 2.75) is 13.8 Å². The summed E-state index contributed by atoms with van der Waals surface area (Å²) in [7, 11) is 0. The van der Waals surface area contributed by atoms with Crippen LogP contribution in [0, 0.1) is 6.92 Å². The van der Waals surface area contributed by atoms with Crippen molar-refractivity contribution in [3.05, 3.63) is 30.0 Å². The topological polar surface area (TPSA) is 38.9 Å². The molecule has 0 saturated carbocycles. The van der Waals surface area contributed by atoms with Crippen LogP contribution in [-0.2, 0) is 0 Å². The second kappa shape index (κ2) is 2.74. The van der Waals surface area contributed by atoms with E-state index in [1.165, 1.54) is 0 Å². The Morgan fingerprint density at radius 3 is 2.73 bits per heavy atom. The van der Waals surface area contributed by atoms with Gasteiger partial charge in [-0.15, -0.1) is 0 Å². The van der Waals surface area contributed by atoms with Crippen LogP contribution >= 0.6 is 0 Å². The molecule has 1 rings (SSSR count). The summed E-state index contributed by atoms with van der Waals surface area (Å²) in [6, 6.07) is 1.85. The van der Waals surface area contributed by atoms with E-state index in [1.807, 2.05) is 19.9 Å². The predicted octanol–water partition coefficient (Wildman–Crippen LogP) is 2.01. The minimum absolute atomic E-state index is 0.563. The Balaban J connectivity index is 3.20. The van der Waals surface area contributed by atoms with Crippen molar-refractivity contribution in [1.82, 2.24) is 4.98 Å². The molecule has 11 heavy (non-hydrogen) atoms. The van der Waals surface area contributed by atoms with Gasteiger partial charge in [-0.25, -0.2) is 4.98 Å². The lowest BCUT2D eigenvalue weighted by atomic mass is 10.1. The van der Waals surface area contributed by atoms with E-state index in [0.29, 0.717) is 5.82 Å². The Morgan fingerprint density at radius 2 is 2.27 bits per heavy atom. The van der Waals surface area contributed by atoms with Crippen LogP contribution in [0.15, 0.2) is 18.8 Å². The highest BCUT2D eigenvalue weighted by molar-refractivity contribution is 5.64. The first-order valence-corrected chi connectivity index (χ1v) is 3.49. The molecular formula is C9H12N2. The SMILES string of the molecule is C=C(C)c1cnc(N)cc1C. The summed E-state index contributed by atoms with van der Waals surface area (Å²) in [5.41, 5.74) is 8.72. The fourth-order valence-corrected chi connectivity index (χ4v) is 1.02. The first-order chi connectivity index (χ1) is 5.11. The van der Waals surface area contributed by atoms with E-state index >= 15 is 0 Å². The molecule has 2 heteroatoms. The molecule has 58 valence electrons. The maximum atomic E-state index is 5.49. The van der Waals surface area contributed by atoms with Gasteiger partial charge < -0.3 is 5.73 Å². The summed E-state index contributed by atoms with van der Waals surface area (Å²) in [6.45, 7) is 7.80. The van der Waals surface area contributed by atoms with Crippen molar-refractivity contribution in [2.24, 2.45) is 0 Å². The first-order valence-electron chi connectivity index (χ1n) is 3.49. The number of anilines is 1. The van der Waals surface area contributed by atoms with E-state index in [2.05, 4.69) is 11.6 Å². The Labute approximate surface area is 66.8 Å². The maximum Gasteiger partial charge on any atom is 0.123 e. The van der Waals surface area contributed by atoms with Crippen LogP contribution in [0.1, 0.15) is 18.1 Å². The Bertz CT molecular complexity index is 290. The smallest absolute Gasteiger partial charge is 0.123 e. The Morgan fingerprint density at radius 1 is 1.64 bits per heavy atom. The number of nitrogens with two attached hydrogens (primary N) is 1. The zero-order valence-corrected chi connectivity index (χ0v) is 6.89. The van der Waals surface area contributed by atoms with Gasteiger partial charge in [-0.3, -0.25) is 0 Å². The number of aryl methyl sites for hydroxylation is 1. The van der Waals surface area contributed by atoms with E-state index in [1.54, 1.807) is 6.20 Å². The minimum Gasteiger partial charge on any atom is -0.384 e. The van der Waals surface area contributed by atoms with E-state index in [0.717, 1.165) is 16.7 Å².